The molecule has 1 aromatic carbocycles. The van der Waals surface area contributed by atoms with E-state index in [1.165, 1.54) is 18.7 Å². The van der Waals surface area contributed by atoms with Crippen molar-refractivity contribution in [2.24, 2.45) is 45.5 Å². The first-order valence-electron chi connectivity index (χ1n) is 28.8. The van der Waals surface area contributed by atoms with Gasteiger partial charge in [-0.3, -0.25) is 62.5 Å². The number of benzene rings is 1. The fourth-order valence-electron chi connectivity index (χ4n) is 8.33. The molecule has 1 aromatic rings. The Balaban J connectivity index is 3.50. The zero-order chi connectivity index (χ0) is 66.6. The fraction of sp³-hybridized carbons (Fsp3) is 0.636. The number of thioether (sulfide) groups is 1. The third-order valence-corrected chi connectivity index (χ3v) is 13.8. The average molecular weight is 1270 g/mol. The van der Waals surface area contributed by atoms with E-state index >= 15 is 0 Å². The molecule has 32 nitrogen and oxygen atoms in total. The van der Waals surface area contributed by atoms with E-state index < -0.39 is 182 Å². The van der Waals surface area contributed by atoms with E-state index in [-0.39, 0.29) is 69.9 Å². The van der Waals surface area contributed by atoms with Crippen LogP contribution in [0.5, 0.6) is 0 Å². The number of aliphatic hydroxyl groups is 1. The number of carbonyl (C=O) groups is 13. The van der Waals surface area contributed by atoms with Crippen LogP contribution < -0.4 is 81.8 Å². The van der Waals surface area contributed by atoms with Crippen LogP contribution in [0.4, 0.5) is 0 Å². The number of nitrogens with two attached hydrogens (primary N) is 5. The Hall–Kier alpha value is -8.17. The van der Waals surface area contributed by atoms with Gasteiger partial charge in [0.05, 0.1) is 19.2 Å². The standard InChI is InChI=1S/C55H92N16O16S/c1-29(2)25-38(69-53(85)44(30(3)4)71-45(77)31(5)57)51(83)66-35(17-19-41(58)73)49(81)70-40(28-72)46(78)62-27-42(74)63-39(26-32-13-8-7-9-14-32)52(84)65-34(16-12-23-61-55(59)60)48(80)64-33(15-10-11-22-56)47(79)67-36(21-24-88-6)50(82)68-37(54(86)87)18-20-43(75)76/h7-9,13-14,29-31,33-40,44,72H,10-12,15-28,56-57H2,1-6H3,(H2,58,73)(H,62,78)(H,63,74)(H,64,80)(H,65,84)(H,66,83)(H,67,79)(H,68,82)(H,69,85)(H,70,81)(H,71,77)(H,75,76)(H,86,87)(H4,59,60,61)/t31-,33-,34-,35-,36-,37-,38-,39-,40-,44-/m0/s1. The topological polar surface area (TPSA) is 545 Å². The van der Waals surface area contributed by atoms with Crippen LogP contribution >= 0.6 is 11.8 Å². The van der Waals surface area contributed by atoms with Gasteiger partial charge in [0.25, 0.3) is 0 Å². The van der Waals surface area contributed by atoms with Gasteiger partial charge in [0, 0.05) is 25.8 Å². The van der Waals surface area contributed by atoms with E-state index in [0.717, 1.165) is 0 Å². The number of aliphatic carboxylic acids is 2. The van der Waals surface area contributed by atoms with Crippen molar-refractivity contribution in [3.63, 3.8) is 0 Å². The predicted molar refractivity (Wildman–Crippen MR) is 324 cm³/mol. The molecule has 33 heteroatoms. The number of hydrogen-bond acceptors (Lipinski definition) is 18. The monoisotopic (exact) mass is 1260 g/mol. The van der Waals surface area contributed by atoms with E-state index in [9.17, 15) is 72.5 Å². The zero-order valence-electron chi connectivity index (χ0n) is 50.7. The van der Waals surface area contributed by atoms with Crippen LogP contribution in [0.25, 0.3) is 0 Å². The molecule has 0 saturated heterocycles. The molecule has 0 saturated carbocycles. The van der Waals surface area contributed by atoms with Crippen LogP contribution in [0.3, 0.4) is 0 Å². The third-order valence-electron chi connectivity index (χ3n) is 13.1. The fourth-order valence-corrected chi connectivity index (χ4v) is 8.80. The van der Waals surface area contributed by atoms with Crippen LogP contribution in [0.15, 0.2) is 35.3 Å². The summed E-state index contributed by atoms with van der Waals surface area (Å²) in [6, 6.07) is -5.63. The van der Waals surface area contributed by atoms with Crippen LogP contribution in [-0.4, -0.2) is 197 Å². The van der Waals surface area contributed by atoms with Crippen molar-refractivity contribution >= 4 is 94.6 Å². The largest absolute Gasteiger partial charge is 0.481 e. The van der Waals surface area contributed by atoms with Gasteiger partial charge in [-0.05, 0) is 101 Å². The number of unbranched alkanes of at least 4 members (excludes halogenated alkanes) is 1. The zero-order valence-corrected chi connectivity index (χ0v) is 51.5. The number of aliphatic imine (C=N–C) groups is 1. The van der Waals surface area contributed by atoms with E-state index in [4.69, 9.17) is 33.8 Å². The number of primary amides is 1. The van der Waals surface area contributed by atoms with Crippen LogP contribution in [0, 0.1) is 11.8 Å². The van der Waals surface area contributed by atoms with Gasteiger partial charge in [-0.2, -0.15) is 11.8 Å². The summed E-state index contributed by atoms with van der Waals surface area (Å²) in [4.78, 5) is 176. The summed E-state index contributed by atoms with van der Waals surface area (Å²) >= 11 is 1.31. The molecule has 23 N–H and O–H groups in total. The first-order chi connectivity index (χ1) is 41.4. The van der Waals surface area contributed by atoms with Crippen LogP contribution in [0.2, 0.25) is 0 Å². The van der Waals surface area contributed by atoms with Gasteiger partial charge in [0.2, 0.25) is 65.0 Å². The summed E-state index contributed by atoms with van der Waals surface area (Å²) in [7, 11) is 0. The SMILES string of the molecule is CSCC[C@H](NC(=O)[C@H](CCCCN)NC(=O)[C@H](CCCN=C(N)N)NC(=O)[C@H](Cc1ccccc1)NC(=O)CNC(=O)[C@H](CO)NC(=O)[C@H](CCC(N)=O)NC(=O)[C@H](CC(C)C)NC(=O)[C@@H](NC(=O)[C@H](C)N)C(C)C)C(=O)N[C@@H](CCC(=O)O)C(=O)O. The molecule has 11 amide bonds. The molecule has 0 aliphatic rings. The summed E-state index contributed by atoms with van der Waals surface area (Å²) in [5.74, 6) is -13.3. The Morgan fingerprint density at radius 3 is 1.51 bits per heavy atom. The Kier molecular flexibility index (Phi) is 37.0. The number of aliphatic hydroxyl groups excluding tert-OH is 1. The number of carboxylic acid groups (broad SMARTS) is 2. The Morgan fingerprint density at radius 2 is 1.03 bits per heavy atom. The summed E-state index contributed by atoms with van der Waals surface area (Å²) in [6.45, 7) is 6.54. The summed E-state index contributed by atoms with van der Waals surface area (Å²) in [5, 5.41) is 53.9. The molecule has 0 radical (unpaired) electrons. The number of carbonyl (C=O) groups excluding carboxylic acids is 11. The van der Waals surface area contributed by atoms with E-state index in [1.807, 2.05) is 0 Å². The lowest BCUT2D eigenvalue weighted by atomic mass is 9.99. The van der Waals surface area contributed by atoms with E-state index in [0.29, 0.717) is 17.7 Å². The Labute approximate surface area is 515 Å². The quantitative estimate of drug-likeness (QED) is 0.0165. The van der Waals surface area contributed by atoms with Gasteiger partial charge < -0.3 is 97.2 Å². The summed E-state index contributed by atoms with van der Waals surface area (Å²) < 4.78 is 0. The van der Waals surface area contributed by atoms with Gasteiger partial charge in [0.1, 0.15) is 54.4 Å². The molecule has 0 bridgehead atoms. The second kappa shape index (κ2) is 41.8. The Bertz CT molecular complexity index is 2520. The van der Waals surface area contributed by atoms with Gasteiger partial charge in [0.15, 0.2) is 5.96 Å². The minimum Gasteiger partial charge on any atom is -0.481 e. The number of guanidine groups is 1. The molecule has 88 heavy (non-hydrogen) atoms. The van der Waals surface area contributed by atoms with Crippen molar-refractivity contribution in [1.82, 2.24) is 53.2 Å². The molecule has 1 rings (SSSR count). The molecule has 10 atom stereocenters. The minimum absolute atomic E-state index is 0.000554. The molecule has 0 heterocycles. The average Bonchev–Trinajstić information content (AvgIpc) is 2.11. The normalized spacial score (nSPS) is 14.4. The molecule has 0 unspecified atom stereocenters. The molecular weight excluding hydrogens is 1170 g/mol. The molecule has 0 aliphatic heterocycles. The number of nitrogens with one attached hydrogen (secondary N) is 10. The highest BCUT2D eigenvalue weighted by Gasteiger charge is 2.36. The smallest absolute Gasteiger partial charge is 0.326 e. The van der Waals surface area contributed by atoms with Crippen molar-refractivity contribution < 1.29 is 77.6 Å². The summed E-state index contributed by atoms with van der Waals surface area (Å²) in [6.07, 6.45) is 0.315. The van der Waals surface area contributed by atoms with Gasteiger partial charge >= 0.3 is 11.9 Å². The third kappa shape index (κ3) is 31.5. The summed E-state index contributed by atoms with van der Waals surface area (Å²) in [5.41, 5.74) is 28.4. The first kappa shape index (κ1) is 77.8. The second-order valence-corrected chi connectivity index (χ2v) is 22.6. The van der Waals surface area contributed by atoms with Gasteiger partial charge in [-0.25, -0.2) is 4.79 Å². The van der Waals surface area contributed by atoms with Crippen LogP contribution in [-0.2, 0) is 68.7 Å². The first-order valence-corrected chi connectivity index (χ1v) is 30.2. The second-order valence-electron chi connectivity index (χ2n) is 21.6. The maximum atomic E-state index is 14.4. The maximum absolute atomic E-state index is 14.4. The lowest BCUT2D eigenvalue weighted by molar-refractivity contribution is -0.143. The molecule has 494 valence electrons. The van der Waals surface area contributed by atoms with Crippen molar-refractivity contribution in [2.45, 2.75) is 172 Å². The van der Waals surface area contributed by atoms with Crippen molar-refractivity contribution in [2.75, 3.05) is 38.2 Å². The molecular formula is C55H92N16O16S. The van der Waals surface area contributed by atoms with E-state index in [2.05, 4.69) is 58.2 Å². The van der Waals surface area contributed by atoms with Gasteiger partial charge in [-0.15, -0.1) is 0 Å². The highest BCUT2D eigenvalue weighted by atomic mass is 32.2. The van der Waals surface area contributed by atoms with Crippen molar-refractivity contribution in [1.29, 1.82) is 0 Å². The Morgan fingerprint density at radius 1 is 0.545 bits per heavy atom. The lowest BCUT2D eigenvalue weighted by Crippen LogP contribution is -2.60. The number of hydrogen-bond donors (Lipinski definition) is 18. The predicted octanol–water partition coefficient (Wildman–Crippen LogP) is -5.10. The molecule has 0 fully saturated rings. The maximum Gasteiger partial charge on any atom is 0.326 e. The number of carboxylic acids is 2. The number of rotatable bonds is 44. The highest BCUT2D eigenvalue weighted by molar-refractivity contribution is 7.98. The van der Waals surface area contributed by atoms with Crippen molar-refractivity contribution in [3.05, 3.63) is 35.9 Å². The molecule has 0 aliphatic carbocycles. The molecule has 0 aromatic heterocycles. The number of amides is 11. The van der Waals surface area contributed by atoms with Crippen LogP contribution in [0.1, 0.15) is 111 Å². The van der Waals surface area contributed by atoms with Crippen molar-refractivity contribution in [3.8, 4) is 0 Å². The highest BCUT2D eigenvalue weighted by Crippen LogP contribution is 2.13. The lowest BCUT2D eigenvalue weighted by Gasteiger charge is -2.28. The minimum atomic E-state index is -1.78. The number of nitrogens with zero attached hydrogens (tertiary/aromatic N) is 1. The van der Waals surface area contributed by atoms with E-state index in [1.54, 1.807) is 64.3 Å². The van der Waals surface area contributed by atoms with Gasteiger partial charge in [-0.1, -0.05) is 58.0 Å². The molecule has 0 spiro atoms.